The molecule has 0 fully saturated rings. The van der Waals surface area contributed by atoms with Crippen molar-refractivity contribution in [2.75, 3.05) is 0 Å². The van der Waals surface area contributed by atoms with Gasteiger partial charge in [-0.2, -0.15) is 0 Å². The van der Waals surface area contributed by atoms with Crippen LogP contribution in [0.25, 0.3) is 87.2 Å². The lowest BCUT2D eigenvalue weighted by atomic mass is 9.86. The highest BCUT2D eigenvalue weighted by Gasteiger charge is 2.15. The first-order chi connectivity index (χ1) is 20.8. The lowest BCUT2D eigenvalue weighted by Gasteiger charge is -2.17. The predicted molar refractivity (Wildman–Crippen MR) is 181 cm³/mol. The average molecular weight is 531 g/mol. The second-order valence-electron chi connectivity index (χ2n) is 11.4. The summed E-state index contributed by atoms with van der Waals surface area (Å²) in [6, 6.07) is 58.2. The van der Waals surface area contributed by atoms with E-state index in [1.807, 2.05) is 0 Å². The summed E-state index contributed by atoms with van der Waals surface area (Å²) < 4.78 is 0. The number of hydrogen-bond donors (Lipinski definition) is 0. The summed E-state index contributed by atoms with van der Waals surface area (Å²) in [6.45, 7) is 0. The molecule has 0 aliphatic carbocycles. The number of rotatable bonds is 3. The lowest BCUT2D eigenvalue weighted by Crippen LogP contribution is -1.90. The highest BCUT2D eigenvalue weighted by molar-refractivity contribution is 6.27. The first kappa shape index (κ1) is 23.3. The van der Waals surface area contributed by atoms with Gasteiger partial charge in [-0.3, -0.25) is 0 Å². The van der Waals surface area contributed by atoms with Crippen molar-refractivity contribution in [2.45, 2.75) is 0 Å². The minimum atomic E-state index is 1.24. The molecule has 0 aliphatic heterocycles. The molecule has 0 heterocycles. The van der Waals surface area contributed by atoms with Gasteiger partial charge in [0.1, 0.15) is 0 Å². The van der Waals surface area contributed by atoms with Gasteiger partial charge in [-0.15, -0.1) is 0 Å². The standard InChI is InChI=1S/C42H26/c1-3-8-31-24-34(14-12-27(31)6-1)33-10-5-11-35(26-33)37-20-16-29-19-23-40-38(21-17-30-18-22-39(37)41(29)42(30)40)36-15-13-28-7-2-4-9-32(28)25-36/h1-26H. The highest BCUT2D eigenvalue weighted by Crippen LogP contribution is 2.43. The summed E-state index contributed by atoms with van der Waals surface area (Å²) in [5, 5.41) is 13.0. The van der Waals surface area contributed by atoms with Gasteiger partial charge in [0, 0.05) is 0 Å². The summed E-state index contributed by atoms with van der Waals surface area (Å²) in [6.07, 6.45) is 0. The molecule has 0 atom stereocenters. The van der Waals surface area contributed by atoms with Crippen LogP contribution in [-0.4, -0.2) is 0 Å². The highest BCUT2D eigenvalue weighted by atomic mass is 14.2. The lowest BCUT2D eigenvalue weighted by molar-refractivity contribution is 1.62. The van der Waals surface area contributed by atoms with Crippen molar-refractivity contribution >= 4 is 53.9 Å². The molecular weight excluding hydrogens is 504 g/mol. The van der Waals surface area contributed by atoms with Gasteiger partial charge in [-0.1, -0.05) is 140 Å². The van der Waals surface area contributed by atoms with E-state index in [4.69, 9.17) is 0 Å². The molecule has 0 bridgehead atoms. The van der Waals surface area contributed by atoms with Gasteiger partial charge >= 0.3 is 0 Å². The third-order valence-corrected chi connectivity index (χ3v) is 8.98. The number of benzene rings is 9. The summed E-state index contributed by atoms with van der Waals surface area (Å²) in [5.74, 6) is 0. The van der Waals surface area contributed by atoms with Crippen LogP contribution in [0.4, 0.5) is 0 Å². The zero-order chi connectivity index (χ0) is 27.6. The smallest absolute Gasteiger partial charge is 0.00203 e. The molecule has 0 N–H and O–H groups in total. The Kier molecular flexibility index (Phi) is 5.00. The molecule has 42 heavy (non-hydrogen) atoms. The molecule has 9 aromatic rings. The van der Waals surface area contributed by atoms with Crippen molar-refractivity contribution in [3.63, 3.8) is 0 Å². The van der Waals surface area contributed by atoms with E-state index in [9.17, 15) is 0 Å². The molecule has 194 valence electrons. The maximum atomic E-state index is 2.34. The molecule has 0 aliphatic rings. The Hall–Kier alpha value is -5.46. The Morgan fingerprint density at radius 3 is 1.29 bits per heavy atom. The van der Waals surface area contributed by atoms with Crippen LogP contribution in [0.1, 0.15) is 0 Å². The van der Waals surface area contributed by atoms with Crippen LogP contribution < -0.4 is 0 Å². The van der Waals surface area contributed by atoms with Crippen molar-refractivity contribution in [1.29, 1.82) is 0 Å². The van der Waals surface area contributed by atoms with E-state index in [0.717, 1.165) is 0 Å². The monoisotopic (exact) mass is 530 g/mol. The van der Waals surface area contributed by atoms with Gasteiger partial charge in [-0.25, -0.2) is 0 Å². The fourth-order valence-corrected chi connectivity index (χ4v) is 6.90. The van der Waals surface area contributed by atoms with Gasteiger partial charge < -0.3 is 0 Å². The molecule has 0 amide bonds. The third kappa shape index (κ3) is 3.56. The van der Waals surface area contributed by atoms with Gasteiger partial charge in [0.05, 0.1) is 0 Å². The quantitative estimate of drug-likeness (QED) is 0.199. The SMILES string of the molecule is c1cc(-c2ccc3ccccc3c2)cc(-c2ccc3ccc4c(-c5ccc6ccccc6c5)ccc5ccc2c3c54)c1. The molecule has 0 saturated carbocycles. The summed E-state index contributed by atoms with van der Waals surface area (Å²) in [7, 11) is 0. The predicted octanol–water partition coefficient (Wildman–Crippen LogP) is 11.9. The van der Waals surface area contributed by atoms with Crippen LogP contribution in [0.3, 0.4) is 0 Å². The van der Waals surface area contributed by atoms with E-state index in [1.165, 1.54) is 87.2 Å². The van der Waals surface area contributed by atoms with Crippen LogP contribution >= 0.6 is 0 Å². The fraction of sp³-hybridized carbons (Fsp3) is 0. The molecule has 0 radical (unpaired) electrons. The third-order valence-electron chi connectivity index (χ3n) is 8.98. The van der Waals surface area contributed by atoms with Crippen molar-refractivity contribution in [2.24, 2.45) is 0 Å². The van der Waals surface area contributed by atoms with Gasteiger partial charge in [0.15, 0.2) is 0 Å². The molecule has 0 unspecified atom stereocenters. The van der Waals surface area contributed by atoms with Crippen molar-refractivity contribution in [3.8, 4) is 33.4 Å². The molecule has 9 aromatic carbocycles. The summed E-state index contributed by atoms with van der Waals surface area (Å²) in [4.78, 5) is 0. The van der Waals surface area contributed by atoms with E-state index in [2.05, 4.69) is 158 Å². The molecule has 9 rings (SSSR count). The number of hydrogen-bond acceptors (Lipinski definition) is 0. The zero-order valence-corrected chi connectivity index (χ0v) is 23.0. The number of fused-ring (bicyclic) bond motifs is 2. The van der Waals surface area contributed by atoms with Crippen LogP contribution in [0.2, 0.25) is 0 Å². The topological polar surface area (TPSA) is 0 Å². The molecule has 0 spiro atoms. The van der Waals surface area contributed by atoms with Crippen LogP contribution in [0.5, 0.6) is 0 Å². The fourth-order valence-electron chi connectivity index (χ4n) is 6.90. The van der Waals surface area contributed by atoms with E-state index >= 15 is 0 Å². The average Bonchev–Trinajstić information content (AvgIpc) is 3.06. The van der Waals surface area contributed by atoms with Crippen molar-refractivity contribution in [1.82, 2.24) is 0 Å². The minimum Gasteiger partial charge on any atom is -0.0616 e. The van der Waals surface area contributed by atoms with Gasteiger partial charge in [0.2, 0.25) is 0 Å². The minimum absolute atomic E-state index is 1.24. The maximum absolute atomic E-state index is 2.34. The van der Waals surface area contributed by atoms with E-state index in [1.54, 1.807) is 0 Å². The Labute approximate surface area is 244 Å². The van der Waals surface area contributed by atoms with Crippen LogP contribution in [0, 0.1) is 0 Å². The Morgan fingerprint density at radius 2 is 0.667 bits per heavy atom. The Bertz CT molecular complexity index is 2460. The Morgan fingerprint density at radius 1 is 0.238 bits per heavy atom. The first-order valence-electron chi connectivity index (χ1n) is 14.6. The molecule has 0 aromatic heterocycles. The molecular formula is C42H26. The second kappa shape index (κ2) is 9.03. The van der Waals surface area contributed by atoms with Crippen molar-refractivity contribution < 1.29 is 0 Å². The normalized spacial score (nSPS) is 11.8. The Balaban J connectivity index is 1.24. The van der Waals surface area contributed by atoms with Crippen LogP contribution in [0.15, 0.2) is 158 Å². The molecule has 0 nitrogen and oxygen atoms in total. The molecule has 0 saturated heterocycles. The van der Waals surface area contributed by atoms with Crippen LogP contribution in [-0.2, 0) is 0 Å². The second-order valence-corrected chi connectivity index (χ2v) is 11.4. The van der Waals surface area contributed by atoms with Gasteiger partial charge in [-0.05, 0) is 105 Å². The maximum Gasteiger partial charge on any atom is -0.00203 e. The van der Waals surface area contributed by atoms with E-state index in [-0.39, 0.29) is 0 Å². The first-order valence-corrected chi connectivity index (χ1v) is 14.6. The van der Waals surface area contributed by atoms with Gasteiger partial charge in [0.25, 0.3) is 0 Å². The summed E-state index contributed by atoms with van der Waals surface area (Å²) >= 11 is 0. The zero-order valence-electron chi connectivity index (χ0n) is 23.0. The van der Waals surface area contributed by atoms with Crippen molar-refractivity contribution in [3.05, 3.63) is 158 Å². The summed E-state index contributed by atoms with van der Waals surface area (Å²) in [5.41, 5.74) is 7.54. The van der Waals surface area contributed by atoms with E-state index in [0.29, 0.717) is 0 Å². The largest absolute Gasteiger partial charge is 0.0616 e. The molecule has 0 heteroatoms. The van der Waals surface area contributed by atoms with E-state index < -0.39 is 0 Å².